The molecule has 0 amide bonds. The van der Waals surface area contributed by atoms with E-state index in [1.807, 2.05) is 28.2 Å². The highest BCUT2D eigenvalue weighted by molar-refractivity contribution is 6.29. The Hall–Kier alpha value is -4.57. The van der Waals surface area contributed by atoms with Crippen LogP contribution in [0.5, 0.6) is 0 Å². The molecular weight excluding hydrogens is 685 g/mol. The summed E-state index contributed by atoms with van der Waals surface area (Å²) in [5.41, 5.74) is 13.8. The van der Waals surface area contributed by atoms with Crippen LogP contribution in [0.2, 0.25) is 10.6 Å². The van der Waals surface area contributed by atoms with E-state index < -0.39 is 23.5 Å². The fourth-order valence-corrected chi connectivity index (χ4v) is 5.58. The average Bonchev–Trinajstić information content (AvgIpc) is 3.54. The van der Waals surface area contributed by atoms with Crippen molar-refractivity contribution in [3.05, 3.63) is 87.7 Å². The fraction of sp³-hybridized carbons (Fsp3) is 0.300. The Bertz CT molecular complexity index is 1910. The smallest absolute Gasteiger partial charge is 0.382 e. The number of aromatic nitrogens is 6. The number of nitrogens with zero attached hydrogens (tertiary/aromatic N) is 8. The van der Waals surface area contributed by atoms with E-state index in [0.717, 1.165) is 29.8 Å². The van der Waals surface area contributed by atoms with E-state index in [-0.39, 0.29) is 22.2 Å². The van der Waals surface area contributed by atoms with Gasteiger partial charge in [-0.15, -0.1) is 0 Å². The standard InChI is InChI=1S/C15H15ClF3N5.C15H14ClF3N5/c2*1-2-23-8-24(11-12(20)21-14(16)22-13(11)23)7-9-3-5-10(6-4-9)15(17,18)19/h3-6H,2,7-8H2,1H3,(H2,20,21,22);3-6,8H,2,7H2,1H3,(H2,20,21,22)/q;+1. The van der Waals surface area contributed by atoms with Gasteiger partial charge in [-0.2, -0.15) is 41.3 Å². The molecule has 1 aliphatic rings. The van der Waals surface area contributed by atoms with Gasteiger partial charge in [-0.25, -0.2) is 4.57 Å². The van der Waals surface area contributed by atoms with Crippen molar-refractivity contribution in [2.24, 2.45) is 0 Å². The second-order valence-electron chi connectivity index (χ2n) is 10.7. The van der Waals surface area contributed by atoms with Gasteiger partial charge in [0.05, 0.1) is 30.9 Å². The number of alkyl halides is 6. The van der Waals surface area contributed by atoms with Gasteiger partial charge in [-0.3, -0.25) is 4.57 Å². The van der Waals surface area contributed by atoms with Crippen molar-refractivity contribution in [2.75, 3.05) is 34.5 Å². The van der Waals surface area contributed by atoms with Crippen LogP contribution in [-0.2, 0) is 32.0 Å². The van der Waals surface area contributed by atoms with Gasteiger partial charge in [-0.05, 0) is 72.4 Å². The molecule has 4 heterocycles. The summed E-state index contributed by atoms with van der Waals surface area (Å²) in [5.74, 6) is 1.12. The van der Waals surface area contributed by atoms with Crippen LogP contribution in [0.4, 0.5) is 49.5 Å². The summed E-state index contributed by atoms with van der Waals surface area (Å²) in [6.45, 7) is 6.51. The first-order valence-electron chi connectivity index (χ1n) is 14.5. The minimum Gasteiger partial charge on any atom is -0.382 e. The molecule has 2 aromatic carbocycles. The lowest BCUT2D eigenvalue weighted by Gasteiger charge is -2.20. The van der Waals surface area contributed by atoms with Crippen molar-refractivity contribution in [3.8, 4) is 0 Å². The molecule has 10 nitrogen and oxygen atoms in total. The number of nitrogens with two attached hydrogens (primary N) is 2. The van der Waals surface area contributed by atoms with Crippen molar-refractivity contribution in [1.29, 1.82) is 0 Å². The van der Waals surface area contributed by atoms with Crippen molar-refractivity contribution in [1.82, 2.24) is 24.5 Å². The van der Waals surface area contributed by atoms with Crippen LogP contribution in [0.1, 0.15) is 36.1 Å². The van der Waals surface area contributed by atoms with E-state index >= 15 is 0 Å². The summed E-state index contributed by atoms with van der Waals surface area (Å²) in [7, 11) is 0. The number of hydrogen-bond acceptors (Lipinski definition) is 8. The van der Waals surface area contributed by atoms with E-state index in [1.165, 1.54) is 24.3 Å². The molecule has 0 fully saturated rings. The molecule has 6 rings (SSSR count). The van der Waals surface area contributed by atoms with Crippen molar-refractivity contribution < 1.29 is 30.9 Å². The summed E-state index contributed by atoms with van der Waals surface area (Å²) in [4.78, 5) is 20.2. The first-order valence-corrected chi connectivity index (χ1v) is 15.2. The molecule has 18 heteroatoms. The summed E-state index contributed by atoms with van der Waals surface area (Å²) in [6.07, 6.45) is -6.89. The Balaban J connectivity index is 0.000000188. The van der Waals surface area contributed by atoms with Crippen LogP contribution in [0, 0.1) is 0 Å². The molecule has 0 unspecified atom stereocenters. The van der Waals surface area contributed by atoms with Gasteiger partial charge in [-0.1, -0.05) is 29.2 Å². The average molecular weight is 715 g/mol. The molecular formula is C30H29Cl2F6N10+. The highest BCUT2D eigenvalue weighted by atomic mass is 35.5. The first kappa shape index (κ1) is 34.8. The third-order valence-corrected chi connectivity index (χ3v) is 7.88. The lowest BCUT2D eigenvalue weighted by Crippen LogP contribution is -2.31. The van der Waals surface area contributed by atoms with Crippen LogP contribution in [0.3, 0.4) is 0 Å². The predicted molar refractivity (Wildman–Crippen MR) is 170 cm³/mol. The molecule has 0 aliphatic carbocycles. The van der Waals surface area contributed by atoms with Crippen LogP contribution >= 0.6 is 23.2 Å². The van der Waals surface area contributed by atoms with E-state index in [2.05, 4.69) is 19.9 Å². The third kappa shape index (κ3) is 7.44. The zero-order valence-corrected chi connectivity index (χ0v) is 27.0. The van der Waals surface area contributed by atoms with E-state index in [4.69, 9.17) is 34.7 Å². The highest BCUT2D eigenvalue weighted by Gasteiger charge is 2.32. The summed E-state index contributed by atoms with van der Waals surface area (Å²) in [5, 5.41) is 0.121. The topological polar surface area (TPSA) is 119 Å². The van der Waals surface area contributed by atoms with Crippen LogP contribution < -0.4 is 25.8 Å². The lowest BCUT2D eigenvalue weighted by molar-refractivity contribution is -0.670. The predicted octanol–water partition coefficient (Wildman–Crippen LogP) is 6.58. The van der Waals surface area contributed by atoms with Crippen molar-refractivity contribution in [3.63, 3.8) is 0 Å². The molecule has 4 N–H and O–H groups in total. The van der Waals surface area contributed by atoms with E-state index in [9.17, 15) is 26.3 Å². The molecule has 0 saturated heterocycles. The van der Waals surface area contributed by atoms with E-state index in [0.29, 0.717) is 61.1 Å². The summed E-state index contributed by atoms with van der Waals surface area (Å²) < 4.78 is 79.5. The maximum Gasteiger partial charge on any atom is 0.416 e. The summed E-state index contributed by atoms with van der Waals surface area (Å²) >= 11 is 11.7. The van der Waals surface area contributed by atoms with Gasteiger partial charge in [0.2, 0.25) is 10.8 Å². The Kier molecular flexibility index (Phi) is 9.78. The van der Waals surface area contributed by atoms with Gasteiger partial charge >= 0.3 is 23.3 Å². The second-order valence-corrected chi connectivity index (χ2v) is 11.4. The summed E-state index contributed by atoms with van der Waals surface area (Å²) in [6, 6.07) is 10.1. The molecule has 5 aromatic rings. The molecule has 48 heavy (non-hydrogen) atoms. The molecule has 3 aromatic heterocycles. The number of aryl methyl sites for hydroxylation is 1. The third-order valence-electron chi connectivity index (χ3n) is 7.54. The van der Waals surface area contributed by atoms with Gasteiger partial charge in [0, 0.05) is 13.1 Å². The molecule has 0 radical (unpaired) electrons. The Morgan fingerprint density at radius 1 is 0.729 bits per heavy atom. The highest BCUT2D eigenvalue weighted by Crippen LogP contribution is 2.40. The maximum atomic E-state index is 12.6. The first-order chi connectivity index (χ1) is 22.6. The Labute approximate surface area is 280 Å². The largest absolute Gasteiger partial charge is 0.416 e. The molecule has 1 aliphatic heterocycles. The van der Waals surface area contributed by atoms with Gasteiger partial charge in [0.1, 0.15) is 5.69 Å². The second kappa shape index (κ2) is 13.5. The van der Waals surface area contributed by atoms with Crippen LogP contribution in [0.15, 0.2) is 54.9 Å². The fourth-order valence-electron chi connectivity index (χ4n) is 5.23. The number of nitrogen functional groups attached to an aromatic ring is 2. The number of halogens is 8. The van der Waals surface area contributed by atoms with E-state index in [1.54, 1.807) is 10.9 Å². The number of imidazole rings is 1. The minimum absolute atomic E-state index is 0.0504. The van der Waals surface area contributed by atoms with Crippen LogP contribution in [-0.4, -0.2) is 37.7 Å². The molecule has 0 bridgehead atoms. The number of anilines is 4. The number of fused-ring (bicyclic) bond motifs is 2. The zero-order chi connectivity index (χ0) is 35.0. The molecule has 0 atom stereocenters. The number of hydrogen-bond donors (Lipinski definition) is 2. The minimum atomic E-state index is -4.35. The maximum absolute atomic E-state index is 12.6. The monoisotopic (exact) mass is 713 g/mol. The van der Waals surface area contributed by atoms with Crippen molar-refractivity contribution in [2.45, 2.75) is 45.8 Å². The van der Waals surface area contributed by atoms with Crippen LogP contribution in [0.25, 0.3) is 11.2 Å². The quantitative estimate of drug-likeness (QED) is 0.115. The number of rotatable bonds is 6. The molecule has 254 valence electrons. The molecule has 0 spiro atoms. The zero-order valence-electron chi connectivity index (χ0n) is 25.5. The van der Waals surface area contributed by atoms with Gasteiger partial charge < -0.3 is 21.3 Å². The van der Waals surface area contributed by atoms with Gasteiger partial charge in [0.15, 0.2) is 23.8 Å². The Morgan fingerprint density at radius 2 is 1.25 bits per heavy atom. The van der Waals surface area contributed by atoms with Crippen molar-refractivity contribution >= 4 is 57.5 Å². The lowest BCUT2D eigenvalue weighted by atomic mass is 10.1. The normalized spacial score (nSPS) is 13.1. The molecule has 0 saturated carbocycles. The van der Waals surface area contributed by atoms with Gasteiger partial charge in [0.25, 0.3) is 0 Å². The SMILES string of the molecule is CCN1CN(Cc2ccc(C(F)(F)F)cc2)c2c(N)nc(Cl)nc21.CC[n+]1cn(Cc2ccc(C(F)(F)F)cc2)c2c(N)nc(Cl)nc21. The number of benzene rings is 2. The Morgan fingerprint density at radius 3 is 1.77 bits per heavy atom.